The first kappa shape index (κ1) is 21.6. The molecule has 3 N–H and O–H groups in total. The third-order valence-electron chi connectivity index (χ3n) is 5.15. The van der Waals surface area contributed by atoms with E-state index in [1.54, 1.807) is 24.3 Å². The van der Waals surface area contributed by atoms with E-state index in [9.17, 15) is 14.4 Å². The van der Waals surface area contributed by atoms with Crippen molar-refractivity contribution < 1.29 is 14.3 Å². The summed E-state index contributed by atoms with van der Waals surface area (Å²) < 4.78 is 12.5. The van der Waals surface area contributed by atoms with E-state index in [-0.39, 0.29) is 17.6 Å². The van der Waals surface area contributed by atoms with Crippen LogP contribution < -0.4 is 26.6 Å². The first-order chi connectivity index (χ1) is 14.4. The largest absolute Gasteiger partial charge is 0.491 e. The number of nitrogens with zero attached hydrogens (tertiary/aromatic N) is 2. The Morgan fingerprint density at radius 3 is 2.70 bits per heavy atom. The predicted octanol–water partition coefficient (Wildman–Crippen LogP) is 1.75. The van der Waals surface area contributed by atoms with Crippen LogP contribution in [0.3, 0.4) is 0 Å². The molecule has 0 aliphatic carbocycles. The van der Waals surface area contributed by atoms with E-state index < -0.39 is 17.2 Å². The van der Waals surface area contributed by atoms with Gasteiger partial charge >= 0.3 is 5.69 Å². The molecule has 0 bridgehead atoms. The molecule has 1 atom stereocenters. The van der Waals surface area contributed by atoms with Crippen LogP contribution in [0.15, 0.2) is 33.9 Å². The van der Waals surface area contributed by atoms with Crippen LogP contribution >= 0.6 is 0 Å². The molecule has 1 amide bonds. The van der Waals surface area contributed by atoms with Crippen molar-refractivity contribution in [2.24, 2.45) is 0 Å². The number of nitrogen functional groups attached to an aromatic ring is 1. The zero-order chi connectivity index (χ0) is 21.7. The van der Waals surface area contributed by atoms with Crippen LogP contribution in [-0.4, -0.2) is 41.8 Å². The first-order valence-corrected chi connectivity index (χ1v) is 10.2. The van der Waals surface area contributed by atoms with Gasteiger partial charge in [0.1, 0.15) is 18.2 Å². The van der Waals surface area contributed by atoms with Gasteiger partial charge in [-0.2, -0.15) is 0 Å². The van der Waals surface area contributed by atoms with Gasteiger partial charge in [-0.15, -0.1) is 0 Å². The van der Waals surface area contributed by atoms with E-state index in [2.05, 4.69) is 4.98 Å². The molecule has 2 aromatic rings. The number of amides is 1. The van der Waals surface area contributed by atoms with Crippen molar-refractivity contribution in [2.45, 2.75) is 45.3 Å². The number of benzene rings is 1. The Labute approximate surface area is 174 Å². The molecular formula is C21H28N4O5. The van der Waals surface area contributed by atoms with Crippen LogP contribution in [-0.2, 0) is 11.3 Å². The molecule has 0 unspecified atom stereocenters. The summed E-state index contributed by atoms with van der Waals surface area (Å²) in [6.45, 7) is 3.58. The van der Waals surface area contributed by atoms with Gasteiger partial charge in [-0.3, -0.25) is 19.1 Å². The molecule has 1 saturated heterocycles. The summed E-state index contributed by atoms with van der Waals surface area (Å²) in [4.78, 5) is 40.7. The second kappa shape index (κ2) is 9.62. The molecule has 0 radical (unpaired) electrons. The second-order valence-electron chi connectivity index (χ2n) is 7.33. The van der Waals surface area contributed by atoms with Crippen LogP contribution in [0.1, 0.15) is 43.0 Å². The maximum absolute atomic E-state index is 12.9. The Bertz CT molecular complexity index is 990. The molecule has 9 nitrogen and oxygen atoms in total. The topological polar surface area (TPSA) is 120 Å². The highest BCUT2D eigenvalue weighted by Gasteiger charge is 2.22. The fraction of sp³-hybridized carbons (Fsp3) is 0.476. The molecule has 1 aromatic carbocycles. The van der Waals surface area contributed by atoms with Crippen LogP contribution in [0.5, 0.6) is 5.75 Å². The quantitative estimate of drug-likeness (QED) is 0.677. The highest BCUT2D eigenvalue weighted by Crippen LogP contribution is 2.20. The number of ether oxygens (including phenoxy) is 2. The minimum absolute atomic E-state index is 0.0235. The lowest BCUT2D eigenvalue weighted by atomic mass is 10.2. The van der Waals surface area contributed by atoms with Gasteiger partial charge < -0.3 is 20.1 Å². The van der Waals surface area contributed by atoms with Crippen molar-refractivity contribution in [3.63, 3.8) is 0 Å². The Morgan fingerprint density at radius 2 is 2.07 bits per heavy atom. The summed E-state index contributed by atoms with van der Waals surface area (Å²) in [6, 6.07) is 6.65. The van der Waals surface area contributed by atoms with Gasteiger partial charge in [-0.05, 0) is 43.5 Å². The van der Waals surface area contributed by atoms with Gasteiger partial charge in [0.25, 0.3) is 11.5 Å². The van der Waals surface area contributed by atoms with Gasteiger partial charge in [-0.25, -0.2) is 4.79 Å². The molecular weight excluding hydrogens is 388 g/mol. The van der Waals surface area contributed by atoms with Gasteiger partial charge in [0, 0.05) is 25.8 Å². The number of nitrogens with one attached hydrogen (secondary N) is 1. The molecule has 2 heterocycles. The SMILES string of the molecule is CCCCn1c(N)c(N(C)C(=O)c2ccc(OC[C@@H]3CCCO3)cc2)c(=O)[nH]c1=O. The fourth-order valence-corrected chi connectivity index (χ4v) is 3.39. The van der Waals surface area contributed by atoms with E-state index in [0.29, 0.717) is 24.5 Å². The number of rotatable bonds is 8. The standard InChI is InChI=1S/C21H28N4O5/c1-3-4-11-25-18(22)17(19(26)23-21(25)28)24(2)20(27)14-7-9-15(10-8-14)30-13-16-6-5-12-29-16/h7-10,16H,3-6,11-13,22H2,1-2H3,(H,23,26,28)/t16-/m0/s1. The monoisotopic (exact) mass is 416 g/mol. The average Bonchev–Trinajstić information content (AvgIpc) is 3.25. The van der Waals surface area contributed by atoms with Gasteiger partial charge in [-0.1, -0.05) is 13.3 Å². The number of hydrogen-bond acceptors (Lipinski definition) is 6. The molecule has 3 rings (SSSR count). The molecule has 9 heteroatoms. The van der Waals surface area contributed by atoms with E-state index in [4.69, 9.17) is 15.2 Å². The van der Waals surface area contributed by atoms with E-state index >= 15 is 0 Å². The zero-order valence-corrected chi connectivity index (χ0v) is 17.3. The molecule has 1 aliphatic heterocycles. The predicted molar refractivity (Wildman–Crippen MR) is 114 cm³/mol. The number of aromatic nitrogens is 2. The number of anilines is 2. The Morgan fingerprint density at radius 1 is 1.33 bits per heavy atom. The minimum Gasteiger partial charge on any atom is -0.491 e. The molecule has 0 saturated carbocycles. The van der Waals surface area contributed by atoms with Crippen LogP contribution in [0.4, 0.5) is 11.5 Å². The first-order valence-electron chi connectivity index (χ1n) is 10.2. The minimum atomic E-state index is -0.697. The van der Waals surface area contributed by atoms with E-state index in [1.807, 2.05) is 6.92 Å². The highest BCUT2D eigenvalue weighted by molar-refractivity contribution is 6.06. The lowest BCUT2D eigenvalue weighted by Crippen LogP contribution is -2.39. The van der Waals surface area contributed by atoms with Crippen molar-refractivity contribution in [3.8, 4) is 5.75 Å². The molecule has 1 fully saturated rings. The van der Waals surface area contributed by atoms with Gasteiger partial charge in [0.2, 0.25) is 0 Å². The van der Waals surface area contributed by atoms with Crippen molar-refractivity contribution in [1.82, 2.24) is 9.55 Å². The molecule has 1 aromatic heterocycles. The van der Waals surface area contributed by atoms with Gasteiger partial charge in [0.15, 0.2) is 5.69 Å². The summed E-state index contributed by atoms with van der Waals surface area (Å²) in [6.07, 6.45) is 3.71. The van der Waals surface area contributed by atoms with E-state index in [0.717, 1.165) is 37.2 Å². The number of H-pyrrole nitrogens is 1. The zero-order valence-electron chi connectivity index (χ0n) is 17.3. The highest BCUT2D eigenvalue weighted by atomic mass is 16.5. The molecule has 30 heavy (non-hydrogen) atoms. The summed E-state index contributed by atoms with van der Waals surface area (Å²) >= 11 is 0. The third kappa shape index (κ3) is 4.73. The van der Waals surface area contributed by atoms with Crippen LogP contribution in [0.25, 0.3) is 0 Å². The van der Waals surface area contributed by atoms with Crippen molar-refractivity contribution in [3.05, 3.63) is 50.7 Å². The second-order valence-corrected chi connectivity index (χ2v) is 7.33. The third-order valence-corrected chi connectivity index (χ3v) is 5.15. The molecule has 1 aliphatic rings. The van der Waals surface area contributed by atoms with Crippen LogP contribution in [0, 0.1) is 0 Å². The maximum Gasteiger partial charge on any atom is 0.330 e. The van der Waals surface area contributed by atoms with E-state index in [1.165, 1.54) is 11.6 Å². The normalized spacial score (nSPS) is 15.9. The van der Waals surface area contributed by atoms with Crippen LogP contribution in [0.2, 0.25) is 0 Å². The molecule has 162 valence electrons. The number of aromatic amines is 1. The number of unbranched alkanes of at least 4 members (excludes halogenated alkanes) is 1. The number of carbonyl (C=O) groups excluding carboxylic acids is 1. The lowest BCUT2D eigenvalue weighted by Gasteiger charge is -2.20. The summed E-state index contributed by atoms with van der Waals surface area (Å²) in [5.74, 6) is 0.193. The number of hydrogen-bond donors (Lipinski definition) is 2. The molecule has 0 spiro atoms. The van der Waals surface area contributed by atoms with Crippen molar-refractivity contribution in [2.75, 3.05) is 30.9 Å². The number of nitrogens with two attached hydrogens (primary N) is 1. The Kier molecular flexibility index (Phi) is 6.94. The Balaban J connectivity index is 1.76. The van der Waals surface area contributed by atoms with Crippen molar-refractivity contribution in [1.29, 1.82) is 0 Å². The van der Waals surface area contributed by atoms with Crippen molar-refractivity contribution >= 4 is 17.4 Å². The Hall–Kier alpha value is -3.07. The van der Waals surface area contributed by atoms with Gasteiger partial charge in [0.05, 0.1) is 6.10 Å². The lowest BCUT2D eigenvalue weighted by molar-refractivity contribution is 0.0679. The smallest absolute Gasteiger partial charge is 0.330 e. The fourth-order valence-electron chi connectivity index (χ4n) is 3.39. The number of carbonyl (C=O) groups is 1. The summed E-state index contributed by atoms with van der Waals surface area (Å²) in [7, 11) is 1.46. The summed E-state index contributed by atoms with van der Waals surface area (Å²) in [5.41, 5.74) is 5.13. The summed E-state index contributed by atoms with van der Waals surface area (Å²) in [5, 5.41) is 0. The average molecular weight is 416 g/mol. The maximum atomic E-state index is 12.9.